The Morgan fingerprint density at radius 3 is 2.60 bits per heavy atom. The molecule has 0 saturated heterocycles. The fourth-order valence-electron chi connectivity index (χ4n) is 3.57. The van der Waals surface area contributed by atoms with Crippen molar-refractivity contribution in [3.63, 3.8) is 0 Å². The van der Waals surface area contributed by atoms with Gasteiger partial charge in [0.05, 0.1) is 18.3 Å². The molecule has 1 amide bonds. The number of benzene rings is 1. The number of carbonyl (C=O) groups excluding carboxylic acids is 1. The van der Waals surface area contributed by atoms with Gasteiger partial charge in [0.1, 0.15) is 17.5 Å². The number of nitro benzene ring substituents is 1. The monoisotopic (exact) mass is 459 g/mol. The molecule has 11 heteroatoms. The van der Waals surface area contributed by atoms with E-state index in [1.165, 1.54) is 44.9 Å². The summed E-state index contributed by atoms with van der Waals surface area (Å²) in [6.45, 7) is 2.12. The second kappa shape index (κ2) is 10.9. The van der Waals surface area contributed by atoms with Gasteiger partial charge in [0, 0.05) is 29.7 Å². The number of nitro groups is 1. The second-order valence-corrected chi connectivity index (χ2v) is 10.4. The van der Waals surface area contributed by atoms with Gasteiger partial charge in [-0.3, -0.25) is 19.2 Å². The molecule has 1 N–H and O–H groups in total. The smallest absolute Gasteiger partial charge is 0.271 e. The third kappa shape index (κ3) is 6.24. The highest BCUT2D eigenvalue weighted by molar-refractivity contribution is 7.99. The van der Waals surface area contributed by atoms with Crippen LogP contribution in [0.4, 0.5) is 11.4 Å². The van der Waals surface area contributed by atoms with Crippen LogP contribution >= 0.6 is 11.8 Å². The molecule has 1 aromatic carbocycles. The first kappa shape index (κ1) is 24.3. The maximum absolute atomic E-state index is 12.8. The van der Waals surface area contributed by atoms with Crippen molar-refractivity contribution in [2.24, 2.45) is 0 Å². The predicted molar refractivity (Wildman–Crippen MR) is 119 cm³/mol. The summed E-state index contributed by atoms with van der Waals surface area (Å²) in [6.07, 6.45) is 6.06. The molecule has 0 spiro atoms. The summed E-state index contributed by atoms with van der Waals surface area (Å²) >= 11 is 1.83. The minimum atomic E-state index is -3.93. The van der Waals surface area contributed by atoms with Gasteiger partial charge in [-0.1, -0.05) is 19.8 Å². The first-order valence-corrected chi connectivity index (χ1v) is 12.8. The lowest BCUT2D eigenvalue weighted by molar-refractivity contribution is -0.384. The fourth-order valence-corrected chi connectivity index (χ4v) is 6.00. The van der Waals surface area contributed by atoms with Gasteiger partial charge in [-0.05, 0) is 25.3 Å². The van der Waals surface area contributed by atoms with E-state index in [9.17, 15) is 23.3 Å². The third-order valence-corrected chi connectivity index (χ3v) is 7.55. The quantitative estimate of drug-likeness (QED) is 0.307. The van der Waals surface area contributed by atoms with Crippen molar-refractivity contribution >= 4 is 39.1 Å². The number of hydrogen-bond donors (Lipinski definition) is 1. The van der Waals surface area contributed by atoms with Crippen LogP contribution in [0.25, 0.3) is 0 Å². The minimum Gasteiger partial charge on any atom is -0.495 e. The molecule has 0 aliphatic heterocycles. The van der Waals surface area contributed by atoms with Crippen LogP contribution in [0.5, 0.6) is 5.75 Å². The minimum absolute atomic E-state index is 0.0310. The Morgan fingerprint density at radius 2 is 2.07 bits per heavy atom. The third-order valence-electron chi connectivity index (χ3n) is 5.00. The van der Waals surface area contributed by atoms with Crippen molar-refractivity contribution < 1.29 is 22.9 Å². The van der Waals surface area contributed by atoms with Crippen LogP contribution in [-0.4, -0.2) is 56.2 Å². The molecular formula is C19H29N3O6S2. The summed E-state index contributed by atoms with van der Waals surface area (Å²) in [4.78, 5) is 23.4. The van der Waals surface area contributed by atoms with E-state index in [-0.39, 0.29) is 23.5 Å². The Kier molecular flexibility index (Phi) is 8.78. The number of sulfonamides is 1. The molecule has 0 heterocycles. The molecule has 30 heavy (non-hydrogen) atoms. The Labute approximate surface area is 181 Å². The lowest BCUT2D eigenvalue weighted by Crippen LogP contribution is -2.49. The van der Waals surface area contributed by atoms with Gasteiger partial charge in [0.15, 0.2) is 0 Å². The van der Waals surface area contributed by atoms with Crippen LogP contribution in [-0.2, 0) is 14.8 Å². The van der Waals surface area contributed by atoms with Gasteiger partial charge in [-0.25, -0.2) is 8.42 Å². The predicted octanol–water partition coefficient (Wildman–Crippen LogP) is 2.94. The molecule has 2 rings (SSSR count). The molecule has 0 bridgehead atoms. The molecular weight excluding hydrogens is 430 g/mol. The van der Waals surface area contributed by atoms with E-state index >= 15 is 0 Å². The van der Waals surface area contributed by atoms with Crippen LogP contribution in [0.3, 0.4) is 0 Å². The summed E-state index contributed by atoms with van der Waals surface area (Å²) in [5.41, 5.74) is -0.320. The van der Waals surface area contributed by atoms with Crippen LogP contribution in [0.1, 0.15) is 39.0 Å². The SMILES string of the molecule is CCC(C(=O)NCCSC1CCCC1)N(c1cc([N+](=O)[O-])ccc1OC)S(C)(=O)=O. The van der Waals surface area contributed by atoms with Crippen LogP contribution < -0.4 is 14.4 Å². The number of carbonyl (C=O) groups is 1. The lowest BCUT2D eigenvalue weighted by Gasteiger charge is -2.31. The van der Waals surface area contributed by atoms with E-state index in [0.717, 1.165) is 22.4 Å². The largest absolute Gasteiger partial charge is 0.495 e. The average Bonchev–Trinajstić information content (AvgIpc) is 3.21. The number of non-ortho nitro benzene ring substituents is 1. The van der Waals surface area contributed by atoms with Gasteiger partial charge in [-0.15, -0.1) is 0 Å². The number of hydrogen-bond acceptors (Lipinski definition) is 7. The fraction of sp³-hybridized carbons (Fsp3) is 0.632. The van der Waals surface area contributed by atoms with Crippen LogP contribution in [0.2, 0.25) is 0 Å². The molecule has 1 aliphatic carbocycles. The molecule has 1 unspecified atom stereocenters. The van der Waals surface area contributed by atoms with Crippen LogP contribution in [0.15, 0.2) is 18.2 Å². The standard InChI is InChI=1S/C19H29N3O6S2/c1-4-16(19(23)20-11-12-29-15-7-5-6-8-15)21(30(3,26)27)17-13-14(22(24)25)9-10-18(17)28-2/h9-10,13,15-16H,4-8,11-12H2,1-3H3,(H,20,23). The van der Waals surface area contributed by atoms with Crippen molar-refractivity contribution in [1.29, 1.82) is 0 Å². The van der Waals surface area contributed by atoms with Crippen molar-refractivity contribution in [2.45, 2.75) is 50.3 Å². The zero-order valence-electron chi connectivity index (χ0n) is 17.5. The first-order valence-electron chi connectivity index (χ1n) is 9.90. The van der Waals surface area contributed by atoms with Crippen molar-refractivity contribution in [2.75, 3.05) is 30.0 Å². The summed E-state index contributed by atoms with van der Waals surface area (Å²) in [6, 6.07) is 2.62. The Balaban J connectivity index is 2.22. The molecule has 0 aromatic heterocycles. The molecule has 0 radical (unpaired) electrons. The highest BCUT2D eigenvalue weighted by atomic mass is 32.2. The van der Waals surface area contributed by atoms with E-state index in [0.29, 0.717) is 11.8 Å². The number of nitrogens with zero attached hydrogens (tertiary/aromatic N) is 2. The number of amides is 1. The van der Waals surface area contributed by atoms with E-state index in [4.69, 9.17) is 4.74 Å². The second-order valence-electron chi connectivity index (χ2n) is 7.16. The normalized spacial score (nSPS) is 15.6. The Morgan fingerprint density at radius 1 is 1.40 bits per heavy atom. The number of nitrogens with one attached hydrogen (secondary N) is 1. The van der Waals surface area contributed by atoms with Crippen LogP contribution in [0, 0.1) is 10.1 Å². The lowest BCUT2D eigenvalue weighted by atomic mass is 10.1. The number of thioether (sulfide) groups is 1. The van der Waals surface area contributed by atoms with E-state index < -0.39 is 26.9 Å². The van der Waals surface area contributed by atoms with Gasteiger partial charge >= 0.3 is 0 Å². The Hall–Kier alpha value is -2.01. The molecule has 9 nitrogen and oxygen atoms in total. The van der Waals surface area contributed by atoms with Crippen molar-refractivity contribution in [1.82, 2.24) is 5.32 Å². The molecule has 1 saturated carbocycles. The van der Waals surface area contributed by atoms with Crippen molar-refractivity contribution in [3.05, 3.63) is 28.3 Å². The molecule has 168 valence electrons. The summed E-state index contributed by atoms with van der Waals surface area (Å²) in [7, 11) is -2.59. The highest BCUT2D eigenvalue weighted by Gasteiger charge is 2.34. The van der Waals surface area contributed by atoms with E-state index in [2.05, 4.69) is 5.32 Å². The molecule has 1 aliphatic rings. The average molecular weight is 460 g/mol. The molecule has 1 fully saturated rings. The van der Waals surface area contributed by atoms with E-state index in [1.54, 1.807) is 6.92 Å². The zero-order chi connectivity index (χ0) is 22.3. The van der Waals surface area contributed by atoms with Gasteiger partial charge in [0.25, 0.3) is 5.69 Å². The van der Waals surface area contributed by atoms with Crippen molar-refractivity contribution in [3.8, 4) is 5.75 Å². The maximum atomic E-state index is 12.8. The highest BCUT2D eigenvalue weighted by Crippen LogP contribution is 2.35. The number of rotatable bonds is 11. The zero-order valence-corrected chi connectivity index (χ0v) is 19.1. The summed E-state index contributed by atoms with van der Waals surface area (Å²) in [5, 5.41) is 14.6. The summed E-state index contributed by atoms with van der Waals surface area (Å²) < 4.78 is 31.3. The Bertz CT molecular complexity index is 856. The van der Waals surface area contributed by atoms with Gasteiger partial charge in [-0.2, -0.15) is 11.8 Å². The number of anilines is 1. The van der Waals surface area contributed by atoms with Gasteiger partial charge in [0.2, 0.25) is 15.9 Å². The summed E-state index contributed by atoms with van der Waals surface area (Å²) in [5.74, 6) is 0.448. The topological polar surface area (TPSA) is 119 Å². The number of methoxy groups -OCH3 is 1. The van der Waals surface area contributed by atoms with Gasteiger partial charge < -0.3 is 10.1 Å². The molecule has 1 aromatic rings. The first-order chi connectivity index (χ1) is 14.2. The number of ether oxygens (including phenoxy) is 1. The molecule has 1 atom stereocenters. The van der Waals surface area contributed by atoms with E-state index in [1.807, 2.05) is 11.8 Å². The maximum Gasteiger partial charge on any atom is 0.271 e.